The number of hydrogen-bond acceptors (Lipinski definition) is 2. The van der Waals surface area contributed by atoms with Gasteiger partial charge in [-0.1, -0.05) is 47.5 Å². The number of rotatable bonds is 5. The van der Waals surface area contributed by atoms with Crippen LogP contribution in [0.15, 0.2) is 0 Å². The van der Waals surface area contributed by atoms with E-state index in [1.165, 1.54) is 12.8 Å². The number of hydrogen-bond donors (Lipinski definition) is 1. The predicted octanol–water partition coefficient (Wildman–Crippen LogP) is 3.18. The Bertz CT molecular complexity index is 288. The first-order chi connectivity index (χ1) is 8.73. The van der Waals surface area contributed by atoms with Gasteiger partial charge in [-0.3, -0.25) is 4.79 Å². The molecule has 112 valence electrons. The first-order valence-corrected chi connectivity index (χ1v) is 7.79. The standard InChI is InChI=1S/C16H32N2O/c1-12(2)10-11-18(13-8-6-7-9-13)15(19)14(17)16(3,4)5/h12-14H,6-11,17H2,1-5H3/t14-/m0/s1. The van der Waals surface area contributed by atoms with Crippen molar-refractivity contribution in [3.8, 4) is 0 Å². The first-order valence-electron chi connectivity index (χ1n) is 7.79. The summed E-state index contributed by atoms with van der Waals surface area (Å²) in [5, 5.41) is 0. The summed E-state index contributed by atoms with van der Waals surface area (Å²) in [4.78, 5) is 14.8. The molecule has 0 aromatic rings. The van der Waals surface area contributed by atoms with Crippen molar-refractivity contribution in [3.05, 3.63) is 0 Å². The van der Waals surface area contributed by atoms with E-state index in [9.17, 15) is 4.79 Å². The Morgan fingerprint density at radius 2 is 1.79 bits per heavy atom. The van der Waals surface area contributed by atoms with Crippen LogP contribution in [0.2, 0.25) is 0 Å². The van der Waals surface area contributed by atoms with Crippen LogP contribution in [0.5, 0.6) is 0 Å². The van der Waals surface area contributed by atoms with Gasteiger partial charge >= 0.3 is 0 Å². The lowest BCUT2D eigenvalue weighted by molar-refractivity contribution is -0.137. The summed E-state index contributed by atoms with van der Waals surface area (Å²) in [6.45, 7) is 11.4. The van der Waals surface area contributed by atoms with E-state index in [-0.39, 0.29) is 17.4 Å². The van der Waals surface area contributed by atoms with Crippen molar-refractivity contribution in [3.63, 3.8) is 0 Å². The lowest BCUT2D eigenvalue weighted by atomic mass is 9.86. The van der Waals surface area contributed by atoms with Crippen LogP contribution in [-0.2, 0) is 4.79 Å². The van der Waals surface area contributed by atoms with E-state index in [2.05, 4.69) is 18.7 Å². The average molecular weight is 268 g/mol. The molecule has 0 spiro atoms. The highest BCUT2D eigenvalue weighted by molar-refractivity contribution is 5.82. The van der Waals surface area contributed by atoms with Crippen LogP contribution in [0.1, 0.15) is 66.7 Å². The van der Waals surface area contributed by atoms with Crippen molar-refractivity contribution in [2.24, 2.45) is 17.1 Å². The molecular formula is C16H32N2O. The monoisotopic (exact) mass is 268 g/mol. The number of carbonyl (C=O) groups excluding carboxylic acids is 1. The third-order valence-corrected chi connectivity index (χ3v) is 4.19. The van der Waals surface area contributed by atoms with Gasteiger partial charge in [-0.15, -0.1) is 0 Å². The van der Waals surface area contributed by atoms with Crippen LogP contribution in [0, 0.1) is 11.3 Å². The van der Waals surface area contributed by atoms with Crippen LogP contribution < -0.4 is 5.73 Å². The molecule has 3 nitrogen and oxygen atoms in total. The van der Waals surface area contributed by atoms with Crippen molar-refractivity contribution in [1.82, 2.24) is 4.90 Å². The molecule has 2 N–H and O–H groups in total. The van der Waals surface area contributed by atoms with Crippen LogP contribution in [0.4, 0.5) is 0 Å². The number of amides is 1. The molecule has 3 heteroatoms. The van der Waals surface area contributed by atoms with Gasteiger partial charge in [0.05, 0.1) is 6.04 Å². The Morgan fingerprint density at radius 1 is 1.26 bits per heavy atom. The lowest BCUT2D eigenvalue weighted by Crippen LogP contribution is -2.53. The van der Waals surface area contributed by atoms with Crippen molar-refractivity contribution >= 4 is 5.91 Å². The maximum Gasteiger partial charge on any atom is 0.240 e. The molecule has 0 aromatic carbocycles. The van der Waals surface area contributed by atoms with Gasteiger partial charge in [0.25, 0.3) is 0 Å². The van der Waals surface area contributed by atoms with Gasteiger partial charge in [-0.05, 0) is 30.6 Å². The third-order valence-electron chi connectivity index (χ3n) is 4.19. The van der Waals surface area contributed by atoms with E-state index in [4.69, 9.17) is 5.73 Å². The molecule has 1 aliphatic rings. The summed E-state index contributed by atoms with van der Waals surface area (Å²) in [5.41, 5.74) is 6.02. The highest BCUT2D eigenvalue weighted by Crippen LogP contribution is 2.27. The Labute approximate surface area is 118 Å². The fourth-order valence-corrected chi connectivity index (χ4v) is 2.64. The molecule has 0 aromatic heterocycles. The maximum absolute atomic E-state index is 12.7. The molecule has 1 amide bonds. The minimum Gasteiger partial charge on any atom is -0.338 e. The zero-order valence-corrected chi connectivity index (χ0v) is 13.4. The largest absolute Gasteiger partial charge is 0.338 e. The van der Waals surface area contributed by atoms with E-state index < -0.39 is 0 Å². The number of nitrogens with zero attached hydrogens (tertiary/aromatic N) is 1. The summed E-state index contributed by atoms with van der Waals surface area (Å²) in [7, 11) is 0. The molecule has 0 aliphatic heterocycles. The topological polar surface area (TPSA) is 46.3 Å². The van der Waals surface area contributed by atoms with E-state index >= 15 is 0 Å². The van der Waals surface area contributed by atoms with Gasteiger partial charge in [0.1, 0.15) is 0 Å². The average Bonchev–Trinajstić information content (AvgIpc) is 2.80. The van der Waals surface area contributed by atoms with Crippen molar-refractivity contribution < 1.29 is 4.79 Å². The minimum atomic E-state index is -0.389. The van der Waals surface area contributed by atoms with E-state index in [1.807, 2.05) is 20.8 Å². The van der Waals surface area contributed by atoms with Crippen LogP contribution in [0.3, 0.4) is 0 Å². The molecule has 1 fully saturated rings. The summed E-state index contributed by atoms with van der Waals surface area (Å²) in [6, 6.07) is 0.0416. The molecule has 1 saturated carbocycles. The van der Waals surface area contributed by atoms with Crippen molar-refractivity contribution in [2.45, 2.75) is 78.8 Å². The van der Waals surface area contributed by atoms with Crippen LogP contribution >= 0.6 is 0 Å². The SMILES string of the molecule is CC(C)CCN(C(=O)[C@H](N)C(C)(C)C)C1CCCC1. The highest BCUT2D eigenvalue weighted by atomic mass is 16.2. The van der Waals surface area contributed by atoms with Crippen LogP contribution in [0.25, 0.3) is 0 Å². The van der Waals surface area contributed by atoms with Crippen LogP contribution in [-0.4, -0.2) is 29.4 Å². The summed E-state index contributed by atoms with van der Waals surface area (Å²) in [6.07, 6.45) is 5.88. The lowest BCUT2D eigenvalue weighted by Gasteiger charge is -2.36. The van der Waals surface area contributed by atoms with Gasteiger partial charge in [0.15, 0.2) is 0 Å². The van der Waals surface area contributed by atoms with Crippen molar-refractivity contribution in [1.29, 1.82) is 0 Å². The molecule has 0 radical (unpaired) electrons. The normalized spacial score (nSPS) is 18.9. The number of nitrogens with two attached hydrogens (primary N) is 1. The van der Waals surface area contributed by atoms with Gasteiger partial charge in [0, 0.05) is 12.6 Å². The van der Waals surface area contributed by atoms with E-state index in [1.54, 1.807) is 0 Å². The zero-order chi connectivity index (χ0) is 14.6. The third kappa shape index (κ3) is 4.79. The van der Waals surface area contributed by atoms with Gasteiger partial charge in [-0.2, -0.15) is 0 Å². The molecule has 0 unspecified atom stereocenters. The molecule has 0 heterocycles. The quantitative estimate of drug-likeness (QED) is 0.832. The summed E-state index contributed by atoms with van der Waals surface area (Å²) >= 11 is 0. The molecule has 0 bridgehead atoms. The second kappa shape index (κ2) is 6.74. The van der Waals surface area contributed by atoms with E-state index in [0.29, 0.717) is 12.0 Å². The smallest absolute Gasteiger partial charge is 0.240 e. The van der Waals surface area contributed by atoms with E-state index in [0.717, 1.165) is 25.8 Å². The summed E-state index contributed by atoms with van der Waals surface area (Å²) < 4.78 is 0. The molecule has 0 saturated heterocycles. The Morgan fingerprint density at radius 3 is 2.21 bits per heavy atom. The zero-order valence-electron chi connectivity index (χ0n) is 13.4. The maximum atomic E-state index is 12.7. The number of carbonyl (C=O) groups is 1. The van der Waals surface area contributed by atoms with Crippen molar-refractivity contribution in [2.75, 3.05) is 6.54 Å². The van der Waals surface area contributed by atoms with Gasteiger partial charge < -0.3 is 10.6 Å². The molecule has 19 heavy (non-hydrogen) atoms. The van der Waals surface area contributed by atoms with Gasteiger partial charge in [0.2, 0.25) is 5.91 Å². The minimum absolute atomic E-state index is 0.153. The fourth-order valence-electron chi connectivity index (χ4n) is 2.64. The predicted molar refractivity (Wildman–Crippen MR) is 80.9 cm³/mol. The molecule has 1 atom stereocenters. The molecule has 1 rings (SSSR count). The fraction of sp³-hybridized carbons (Fsp3) is 0.938. The first kappa shape index (κ1) is 16.5. The summed E-state index contributed by atoms with van der Waals surface area (Å²) in [5.74, 6) is 0.780. The van der Waals surface area contributed by atoms with Gasteiger partial charge in [-0.25, -0.2) is 0 Å². The molecule has 1 aliphatic carbocycles. The second-order valence-corrected chi connectivity index (χ2v) is 7.50. The Balaban J connectivity index is 2.74. The molecular weight excluding hydrogens is 236 g/mol. The second-order valence-electron chi connectivity index (χ2n) is 7.50. The highest BCUT2D eigenvalue weighted by Gasteiger charge is 2.34. The Hall–Kier alpha value is -0.570. The Kier molecular flexibility index (Phi) is 5.84.